The Morgan fingerprint density at radius 3 is 2.86 bits per heavy atom. The molecule has 1 aliphatic carbocycles. The lowest BCUT2D eigenvalue weighted by molar-refractivity contribution is -0.210. The first kappa shape index (κ1) is 19.2. The first-order valence-electron chi connectivity index (χ1n) is 8.92. The summed E-state index contributed by atoms with van der Waals surface area (Å²) in [7, 11) is 1.63. The summed E-state index contributed by atoms with van der Waals surface area (Å²) in [5.41, 5.74) is 1.76. The van der Waals surface area contributed by atoms with E-state index in [1.54, 1.807) is 36.0 Å². The number of rotatable bonds is 6. The molecule has 1 fully saturated rings. The predicted molar refractivity (Wildman–Crippen MR) is 96.3 cm³/mol. The van der Waals surface area contributed by atoms with Gasteiger partial charge in [-0.05, 0) is 25.0 Å². The second-order valence-corrected chi connectivity index (χ2v) is 6.93. The number of pyridine rings is 1. The Hall–Kier alpha value is -3.08. The van der Waals surface area contributed by atoms with Gasteiger partial charge in [-0.25, -0.2) is 4.52 Å². The molecule has 1 saturated carbocycles. The summed E-state index contributed by atoms with van der Waals surface area (Å²) in [5, 5.41) is 20.2. The minimum Gasteiger partial charge on any atom is -0.487 e. The van der Waals surface area contributed by atoms with Crippen molar-refractivity contribution in [3.63, 3.8) is 0 Å². The first-order chi connectivity index (χ1) is 13.7. The van der Waals surface area contributed by atoms with E-state index in [4.69, 9.17) is 9.84 Å². The number of hydrogen-bond donors (Lipinski definition) is 2. The van der Waals surface area contributed by atoms with E-state index in [0.29, 0.717) is 22.6 Å². The monoisotopic (exact) mass is 409 g/mol. The number of carbonyl (C=O) groups is 1. The second kappa shape index (κ2) is 7.07. The van der Waals surface area contributed by atoms with Crippen LogP contribution in [-0.4, -0.2) is 49.3 Å². The predicted octanol–water partition coefficient (Wildman–Crippen LogP) is 2.39. The molecular formula is C18H18F3N5O3. The molecule has 29 heavy (non-hydrogen) atoms. The van der Waals surface area contributed by atoms with Crippen LogP contribution in [0.15, 0.2) is 30.6 Å². The van der Waals surface area contributed by atoms with Gasteiger partial charge in [-0.2, -0.15) is 23.4 Å². The lowest BCUT2D eigenvalue weighted by Gasteiger charge is -2.15. The van der Waals surface area contributed by atoms with Crippen molar-refractivity contribution in [1.82, 2.24) is 19.4 Å². The number of amides is 1. The van der Waals surface area contributed by atoms with Crippen LogP contribution in [0.25, 0.3) is 16.8 Å². The van der Waals surface area contributed by atoms with Gasteiger partial charge in [0, 0.05) is 30.8 Å². The summed E-state index contributed by atoms with van der Waals surface area (Å²) >= 11 is 0. The topological polar surface area (TPSA) is 93.7 Å². The number of aromatic nitrogens is 4. The van der Waals surface area contributed by atoms with Crippen LogP contribution in [0.2, 0.25) is 0 Å². The van der Waals surface area contributed by atoms with E-state index in [1.807, 2.05) is 0 Å². The SMILES string of the molecule is Cn1ncc(OCC(O)C(F)(F)F)c1-c1ccn2nc(NC(=O)C3CC3)cc2c1. The van der Waals surface area contributed by atoms with Gasteiger partial charge >= 0.3 is 6.18 Å². The van der Waals surface area contributed by atoms with Crippen molar-refractivity contribution in [3.8, 4) is 17.0 Å². The molecule has 3 aromatic heterocycles. The maximum absolute atomic E-state index is 12.5. The van der Waals surface area contributed by atoms with Gasteiger partial charge in [-0.1, -0.05) is 0 Å². The van der Waals surface area contributed by atoms with Crippen LogP contribution in [0.5, 0.6) is 5.75 Å². The Balaban J connectivity index is 1.57. The van der Waals surface area contributed by atoms with E-state index < -0.39 is 18.9 Å². The summed E-state index contributed by atoms with van der Waals surface area (Å²) in [4.78, 5) is 11.9. The zero-order valence-corrected chi connectivity index (χ0v) is 15.3. The fourth-order valence-electron chi connectivity index (χ4n) is 2.89. The van der Waals surface area contributed by atoms with Crippen LogP contribution >= 0.6 is 0 Å². The minimum absolute atomic E-state index is 0.0524. The van der Waals surface area contributed by atoms with Crippen molar-refractivity contribution < 1.29 is 27.8 Å². The zero-order chi connectivity index (χ0) is 20.8. The molecule has 154 valence electrons. The Morgan fingerprint density at radius 2 is 2.17 bits per heavy atom. The molecule has 3 aromatic rings. The molecule has 0 spiro atoms. The third-order valence-corrected chi connectivity index (χ3v) is 4.62. The number of hydrogen-bond acceptors (Lipinski definition) is 5. The van der Waals surface area contributed by atoms with Gasteiger partial charge in [-0.15, -0.1) is 0 Å². The van der Waals surface area contributed by atoms with Crippen molar-refractivity contribution >= 4 is 17.2 Å². The van der Waals surface area contributed by atoms with Crippen molar-refractivity contribution in [2.75, 3.05) is 11.9 Å². The van der Waals surface area contributed by atoms with Gasteiger partial charge in [0.1, 0.15) is 12.3 Å². The Labute approximate surface area is 162 Å². The molecule has 0 aliphatic heterocycles. The summed E-state index contributed by atoms with van der Waals surface area (Å²) in [6, 6.07) is 5.16. The number of ether oxygens (including phenoxy) is 1. The van der Waals surface area contributed by atoms with Gasteiger partial charge in [0.05, 0.1) is 11.7 Å². The Morgan fingerprint density at radius 1 is 1.41 bits per heavy atom. The second-order valence-electron chi connectivity index (χ2n) is 6.93. The molecular weight excluding hydrogens is 391 g/mol. The number of aliphatic hydroxyl groups is 1. The van der Waals surface area contributed by atoms with E-state index in [9.17, 15) is 18.0 Å². The van der Waals surface area contributed by atoms with Gasteiger partial charge in [0.15, 0.2) is 17.7 Å². The molecule has 4 rings (SSSR count). The quantitative estimate of drug-likeness (QED) is 0.652. The lowest BCUT2D eigenvalue weighted by Crippen LogP contribution is -2.34. The maximum atomic E-state index is 12.5. The molecule has 0 aromatic carbocycles. The lowest BCUT2D eigenvalue weighted by atomic mass is 10.1. The highest BCUT2D eigenvalue weighted by Crippen LogP contribution is 2.32. The van der Waals surface area contributed by atoms with E-state index in [2.05, 4.69) is 15.5 Å². The van der Waals surface area contributed by atoms with Gasteiger partial charge in [0.25, 0.3) is 0 Å². The van der Waals surface area contributed by atoms with Gasteiger partial charge in [0.2, 0.25) is 5.91 Å². The number of nitrogens with zero attached hydrogens (tertiary/aromatic N) is 4. The van der Waals surface area contributed by atoms with Crippen molar-refractivity contribution in [2.24, 2.45) is 13.0 Å². The van der Waals surface area contributed by atoms with Crippen LogP contribution in [0.3, 0.4) is 0 Å². The van der Waals surface area contributed by atoms with Crippen molar-refractivity contribution in [3.05, 3.63) is 30.6 Å². The zero-order valence-electron chi connectivity index (χ0n) is 15.3. The van der Waals surface area contributed by atoms with E-state index >= 15 is 0 Å². The summed E-state index contributed by atoms with van der Waals surface area (Å²) < 4.78 is 45.7. The Kier molecular flexibility index (Phi) is 4.69. The minimum atomic E-state index is -4.76. The summed E-state index contributed by atoms with van der Waals surface area (Å²) in [6.45, 7) is -0.936. The van der Waals surface area contributed by atoms with Gasteiger partial charge in [-0.3, -0.25) is 9.48 Å². The van der Waals surface area contributed by atoms with Crippen LogP contribution < -0.4 is 10.1 Å². The normalized spacial score (nSPS) is 15.5. The molecule has 1 aliphatic rings. The van der Waals surface area contributed by atoms with E-state index in [0.717, 1.165) is 12.8 Å². The highest BCUT2D eigenvalue weighted by atomic mass is 19.4. The number of aliphatic hydroxyl groups excluding tert-OH is 1. The van der Waals surface area contributed by atoms with E-state index in [-0.39, 0.29) is 17.6 Å². The number of aryl methyl sites for hydroxylation is 1. The molecule has 1 atom stereocenters. The summed E-state index contributed by atoms with van der Waals surface area (Å²) in [5.74, 6) is 0.534. The van der Waals surface area contributed by atoms with Crippen LogP contribution in [0, 0.1) is 5.92 Å². The number of carbonyl (C=O) groups excluding carboxylic acids is 1. The highest BCUT2D eigenvalue weighted by molar-refractivity contribution is 5.93. The standard InChI is InChI=1S/C18H18F3N5O3/c1-25-16(13(8-22-25)29-9-14(27)18(19,20)21)11-4-5-26-12(6-11)7-15(24-26)23-17(28)10-2-3-10/h4-8,10,14,27H,2-3,9H2,1H3,(H,23,24,28). The Bertz CT molecular complexity index is 1050. The van der Waals surface area contributed by atoms with Crippen molar-refractivity contribution in [1.29, 1.82) is 0 Å². The van der Waals surface area contributed by atoms with Crippen LogP contribution in [-0.2, 0) is 11.8 Å². The third-order valence-electron chi connectivity index (χ3n) is 4.62. The molecule has 11 heteroatoms. The maximum Gasteiger partial charge on any atom is 0.417 e. The van der Waals surface area contributed by atoms with Gasteiger partial charge < -0.3 is 15.2 Å². The largest absolute Gasteiger partial charge is 0.487 e. The van der Waals surface area contributed by atoms with Crippen molar-refractivity contribution in [2.45, 2.75) is 25.1 Å². The number of fused-ring (bicyclic) bond motifs is 1. The molecule has 1 amide bonds. The molecule has 0 radical (unpaired) electrons. The highest BCUT2D eigenvalue weighted by Gasteiger charge is 2.39. The summed E-state index contributed by atoms with van der Waals surface area (Å²) in [6.07, 6.45) is -2.63. The van der Waals surface area contributed by atoms with Crippen LogP contribution in [0.1, 0.15) is 12.8 Å². The average molecular weight is 409 g/mol. The fraction of sp³-hybridized carbons (Fsp3) is 0.389. The number of anilines is 1. The molecule has 8 nitrogen and oxygen atoms in total. The smallest absolute Gasteiger partial charge is 0.417 e. The third kappa shape index (κ3) is 4.04. The average Bonchev–Trinajstić information content (AvgIpc) is 3.34. The molecule has 0 bridgehead atoms. The number of alkyl halides is 3. The number of nitrogens with one attached hydrogen (secondary N) is 1. The molecule has 0 saturated heterocycles. The molecule has 3 heterocycles. The molecule has 2 N–H and O–H groups in total. The number of halogens is 3. The fourth-order valence-corrected chi connectivity index (χ4v) is 2.89. The van der Waals surface area contributed by atoms with E-state index in [1.165, 1.54) is 10.9 Å². The van der Waals surface area contributed by atoms with Crippen LogP contribution in [0.4, 0.5) is 19.0 Å². The molecule has 1 unspecified atom stereocenters. The first-order valence-corrected chi connectivity index (χ1v) is 8.92.